The third-order valence-corrected chi connectivity index (χ3v) is 2.93. The van der Waals surface area contributed by atoms with Crippen LogP contribution in [0.2, 0.25) is 0 Å². The lowest BCUT2D eigenvalue weighted by molar-refractivity contribution is 0.0127. The van der Waals surface area contributed by atoms with Gasteiger partial charge in [-0.3, -0.25) is 0 Å². The van der Waals surface area contributed by atoms with Crippen molar-refractivity contribution in [2.45, 2.75) is 25.0 Å². The molecule has 1 aliphatic heterocycles. The van der Waals surface area contributed by atoms with Crippen LogP contribution in [-0.4, -0.2) is 25.9 Å². The first-order chi connectivity index (χ1) is 8.27. The maximum atomic E-state index is 13.4. The maximum Gasteiger partial charge on any atom is 0.128 e. The summed E-state index contributed by atoms with van der Waals surface area (Å²) in [6.45, 7) is 1.68. The Kier molecular flexibility index (Phi) is 4.48. The van der Waals surface area contributed by atoms with Crippen molar-refractivity contribution < 1.29 is 13.9 Å². The van der Waals surface area contributed by atoms with Gasteiger partial charge in [-0.05, 0) is 18.9 Å². The van der Waals surface area contributed by atoms with E-state index in [1.54, 1.807) is 18.2 Å². The zero-order valence-electron chi connectivity index (χ0n) is 9.77. The maximum absolute atomic E-state index is 13.4. The van der Waals surface area contributed by atoms with Crippen LogP contribution in [0.4, 0.5) is 4.39 Å². The molecule has 1 aromatic carbocycles. The van der Waals surface area contributed by atoms with Gasteiger partial charge in [0.2, 0.25) is 0 Å². The van der Waals surface area contributed by atoms with Crippen LogP contribution in [0.3, 0.4) is 0 Å². The highest BCUT2D eigenvalue weighted by Gasteiger charge is 2.17. The normalized spacial score (nSPS) is 21.6. The molecule has 3 nitrogen and oxygen atoms in total. The Morgan fingerprint density at radius 1 is 1.47 bits per heavy atom. The van der Waals surface area contributed by atoms with Crippen molar-refractivity contribution in [3.05, 3.63) is 35.6 Å². The van der Waals surface area contributed by atoms with E-state index < -0.39 is 6.04 Å². The van der Waals surface area contributed by atoms with Crippen LogP contribution in [0.25, 0.3) is 0 Å². The molecule has 17 heavy (non-hydrogen) atoms. The van der Waals surface area contributed by atoms with Gasteiger partial charge in [0.15, 0.2) is 0 Å². The molecule has 0 spiro atoms. The number of nitrogens with two attached hydrogens (primary N) is 1. The molecule has 2 atom stereocenters. The largest absolute Gasteiger partial charge is 0.377 e. The van der Waals surface area contributed by atoms with E-state index in [0.29, 0.717) is 18.8 Å². The number of rotatable bonds is 5. The molecule has 2 unspecified atom stereocenters. The highest BCUT2D eigenvalue weighted by Crippen LogP contribution is 2.16. The summed E-state index contributed by atoms with van der Waals surface area (Å²) in [5.41, 5.74) is 6.37. The quantitative estimate of drug-likeness (QED) is 0.855. The molecule has 1 aliphatic rings. The van der Waals surface area contributed by atoms with Gasteiger partial charge in [0, 0.05) is 12.2 Å². The van der Waals surface area contributed by atoms with Crippen LogP contribution >= 0.6 is 0 Å². The summed E-state index contributed by atoms with van der Waals surface area (Å²) < 4.78 is 24.3. The van der Waals surface area contributed by atoms with Crippen molar-refractivity contribution in [1.82, 2.24) is 0 Å². The fourth-order valence-corrected chi connectivity index (χ4v) is 1.97. The lowest BCUT2D eigenvalue weighted by Gasteiger charge is -2.15. The average molecular weight is 239 g/mol. The minimum Gasteiger partial charge on any atom is -0.377 e. The monoisotopic (exact) mass is 239 g/mol. The molecule has 4 heteroatoms. The lowest BCUT2D eigenvalue weighted by Crippen LogP contribution is -2.22. The average Bonchev–Trinajstić information content (AvgIpc) is 2.82. The van der Waals surface area contributed by atoms with E-state index in [0.717, 1.165) is 19.4 Å². The van der Waals surface area contributed by atoms with Gasteiger partial charge in [-0.2, -0.15) is 0 Å². The fraction of sp³-hybridized carbons (Fsp3) is 0.538. The van der Waals surface area contributed by atoms with E-state index in [2.05, 4.69) is 0 Å². The number of benzene rings is 1. The molecule has 1 heterocycles. The van der Waals surface area contributed by atoms with Gasteiger partial charge in [0.05, 0.1) is 25.4 Å². The first-order valence-corrected chi connectivity index (χ1v) is 5.96. The standard InChI is InChI=1S/C13H18FNO2/c14-12-6-2-1-5-11(12)13(15)9-16-8-10-4-3-7-17-10/h1-2,5-6,10,13H,3-4,7-9,15H2. The second kappa shape index (κ2) is 6.10. The van der Waals surface area contributed by atoms with Crippen molar-refractivity contribution in [2.75, 3.05) is 19.8 Å². The summed E-state index contributed by atoms with van der Waals surface area (Å²) in [7, 11) is 0. The van der Waals surface area contributed by atoms with Crippen molar-refractivity contribution >= 4 is 0 Å². The van der Waals surface area contributed by atoms with Gasteiger partial charge in [-0.25, -0.2) is 4.39 Å². The lowest BCUT2D eigenvalue weighted by atomic mass is 10.1. The van der Waals surface area contributed by atoms with Gasteiger partial charge in [0.1, 0.15) is 5.82 Å². The summed E-state index contributed by atoms with van der Waals surface area (Å²) in [4.78, 5) is 0. The Labute approximate surface area is 101 Å². The number of hydrogen-bond donors (Lipinski definition) is 1. The van der Waals surface area contributed by atoms with Crippen molar-refractivity contribution in [2.24, 2.45) is 5.73 Å². The van der Waals surface area contributed by atoms with Crippen LogP contribution in [0, 0.1) is 5.82 Å². The SMILES string of the molecule is NC(COCC1CCCO1)c1ccccc1F. The van der Waals surface area contributed by atoms with Crippen molar-refractivity contribution in [3.8, 4) is 0 Å². The first-order valence-electron chi connectivity index (χ1n) is 5.96. The number of hydrogen-bond acceptors (Lipinski definition) is 3. The van der Waals surface area contributed by atoms with Crippen molar-refractivity contribution in [3.63, 3.8) is 0 Å². The molecule has 0 aliphatic carbocycles. The molecule has 0 aromatic heterocycles. The Morgan fingerprint density at radius 3 is 3.00 bits per heavy atom. The number of halogens is 1. The van der Waals surface area contributed by atoms with Gasteiger partial charge in [-0.15, -0.1) is 0 Å². The predicted octanol–water partition coefficient (Wildman–Crippen LogP) is 2.02. The predicted molar refractivity (Wildman–Crippen MR) is 63.1 cm³/mol. The highest BCUT2D eigenvalue weighted by molar-refractivity contribution is 5.20. The molecule has 94 valence electrons. The fourth-order valence-electron chi connectivity index (χ4n) is 1.97. The highest BCUT2D eigenvalue weighted by atomic mass is 19.1. The van der Waals surface area contributed by atoms with E-state index in [-0.39, 0.29) is 11.9 Å². The molecule has 1 saturated heterocycles. The molecule has 2 rings (SSSR count). The third-order valence-electron chi connectivity index (χ3n) is 2.93. The summed E-state index contributed by atoms with van der Waals surface area (Å²) >= 11 is 0. The molecule has 0 bridgehead atoms. The van der Waals surface area contributed by atoms with Gasteiger partial charge >= 0.3 is 0 Å². The van der Waals surface area contributed by atoms with Crippen LogP contribution < -0.4 is 5.73 Å². The van der Waals surface area contributed by atoms with Gasteiger partial charge < -0.3 is 15.2 Å². The summed E-state index contributed by atoms with van der Waals surface area (Å²) in [6.07, 6.45) is 2.31. The second-order valence-electron chi connectivity index (χ2n) is 4.30. The Bertz CT molecular complexity index is 353. The van der Waals surface area contributed by atoms with E-state index in [9.17, 15) is 4.39 Å². The van der Waals surface area contributed by atoms with Gasteiger partial charge in [0.25, 0.3) is 0 Å². The minimum atomic E-state index is -0.419. The summed E-state index contributed by atoms with van der Waals surface area (Å²) in [5.74, 6) is -0.277. The molecule has 0 amide bonds. The molecule has 1 fully saturated rings. The third kappa shape index (κ3) is 3.49. The first kappa shape index (κ1) is 12.5. The van der Waals surface area contributed by atoms with E-state index in [1.165, 1.54) is 6.07 Å². The van der Waals surface area contributed by atoms with E-state index >= 15 is 0 Å². The Balaban J connectivity index is 1.77. The van der Waals surface area contributed by atoms with Crippen LogP contribution in [0.5, 0.6) is 0 Å². The Morgan fingerprint density at radius 2 is 2.29 bits per heavy atom. The van der Waals surface area contributed by atoms with Crippen LogP contribution in [0.15, 0.2) is 24.3 Å². The van der Waals surface area contributed by atoms with E-state index in [4.69, 9.17) is 15.2 Å². The number of ether oxygens (including phenoxy) is 2. The van der Waals surface area contributed by atoms with Crippen LogP contribution in [0.1, 0.15) is 24.4 Å². The molecule has 1 aromatic rings. The Hall–Kier alpha value is -0.970. The minimum absolute atomic E-state index is 0.183. The van der Waals surface area contributed by atoms with Crippen molar-refractivity contribution in [1.29, 1.82) is 0 Å². The van der Waals surface area contributed by atoms with E-state index in [1.807, 2.05) is 0 Å². The smallest absolute Gasteiger partial charge is 0.128 e. The molecule has 2 N–H and O–H groups in total. The zero-order chi connectivity index (χ0) is 12.1. The zero-order valence-corrected chi connectivity index (χ0v) is 9.77. The molecule has 0 saturated carbocycles. The van der Waals surface area contributed by atoms with Gasteiger partial charge in [-0.1, -0.05) is 18.2 Å². The van der Waals surface area contributed by atoms with Crippen LogP contribution in [-0.2, 0) is 9.47 Å². The second-order valence-corrected chi connectivity index (χ2v) is 4.30. The summed E-state index contributed by atoms with van der Waals surface area (Å²) in [6, 6.07) is 6.11. The summed E-state index contributed by atoms with van der Waals surface area (Å²) in [5, 5.41) is 0. The molecular weight excluding hydrogens is 221 g/mol. The topological polar surface area (TPSA) is 44.5 Å². The molecular formula is C13H18FNO2. The molecule has 0 radical (unpaired) electrons.